The molecule has 3 rings (SSSR count). The van der Waals surface area contributed by atoms with Crippen LogP contribution in [0, 0.1) is 5.41 Å². The zero-order valence-electron chi connectivity index (χ0n) is 20.1. The second-order valence-corrected chi connectivity index (χ2v) is 10.8. The van der Waals surface area contributed by atoms with Gasteiger partial charge in [-0.1, -0.05) is 57.1 Å². The van der Waals surface area contributed by atoms with Gasteiger partial charge in [0.25, 0.3) is 5.91 Å². The Labute approximate surface area is 193 Å². The van der Waals surface area contributed by atoms with Crippen molar-refractivity contribution in [2.75, 3.05) is 0 Å². The largest absolute Gasteiger partial charge is 0.481 e. The van der Waals surface area contributed by atoms with E-state index in [0.29, 0.717) is 6.42 Å². The van der Waals surface area contributed by atoms with Crippen molar-refractivity contribution < 1.29 is 14.7 Å². The number of nitrogens with zero attached hydrogens (tertiary/aromatic N) is 2. The lowest BCUT2D eigenvalue weighted by molar-refractivity contribution is -0.137. The van der Waals surface area contributed by atoms with E-state index in [0.717, 1.165) is 57.8 Å². The second kappa shape index (κ2) is 10.6. The minimum atomic E-state index is -0.727. The van der Waals surface area contributed by atoms with Crippen molar-refractivity contribution in [1.29, 1.82) is 0 Å². The molecule has 1 atom stereocenters. The van der Waals surface area contributed by atoms with Gasteiger partial charge in [0.1, 0.15) is 5.66 Å². The number of amides is 1. The lowest BCUT2D eigenvalue weighted by Crippen LogP contribution is -2.53. The summed E-state index contributed by atoms with van der Waals surface area (Å²) in [5.74, 6) is -0.665. The van der Waals surface area contributed by atoms with Gasteiger partial charge in [-0.2, -0.15) is 0 Å². The predicted molar refractivity (Wildman–Crippen MR) is 130 cm³/mol. The molecule has 5 heteroatoms. The third kappa shape index (κ3) is 6.43. The fourth-order valence-electron chi connectivity index (χ4n) is 5.17. The van der Waals surface area contributed by atoms with E-state index in [1.54, 1.807) is 6.21 Å². The number of unbranched alkanes of at least 4 members (excludes halogenated alkanes) is 1. The molecule has 3 aliphatic rings. The van der Waals surface area contributed by atoms with Crippen molar-refractivity contribution >= 4 is 18.1 Å². The molecule has 0 saturated heterocycles. The molecule has 0 bridgehead atoms. The minimum absolute atomic E-state index is 0.0401. The fourth-order valence-corrected chi connectivity index (χ4v) is 5.17. The van der Waals surface area contributed by atoms with E-state index >= 15 is 0 Å². The first-order valence-corrected chi connectivity index (χ1v) is 12.4. The molecule has 1 fully saturated rings. The number of carboxylic acids is 1. The van der Waals surface area contributed by atoms with E-state index in [9.17, 15) is 9.59 Å². The van der Waals surface area contributed by atoms with Gasteiger partial charge in [-0.3, -0.25) is 14.6 Å². The van der Waals surface area contributed by atoms with Crippen molar-refractivity contribution in [3.05, 3.63) is 35.5 Å². The Morgan fingerprint density at radius 3 is 2.59 bits per heavy atom. The number of carboxylic acid groups (broad SMARTS) is 1. The third-order valence-electron chi connectivity index (χ3n) is 6.95. The zero-order valence-corrected chi connectivity index (χ0v) is 20.1. The minimum Gasteiger partial charge on any atom is -0.481 e. The highest BCUT2D eigenvalue weighted by Gasteiger charge is 2.47. The molecule has 0 aromatic heterocycles. The average molecular weight is 441 g/mol. The summed E-state index contributed by atoms with van der Waals surface area (Å²) in [6.07, 6.45) is 21.4. The number of rotatable bonds is 9. The van der Waals surface area contributed by atoms with Crippen molar-refractivity contribution in [1.82, 2.24) is 4.90 Å². The quantitative estimate of drug-likeness (QED) is 0.433. The van der Waals surface area contributed by atoms with Crippen molar-refractivity contribution in [3.8, 4) is 0 Å². The summed E-state index contributed by atoms with van der Waals surface area (Å²) >= 11 is 0. The standard InChI is InChI=1S/C27H40N2O3/c1-26(2,3)19-16-23(29-24(30)20-28-27(29)17-7-4-8-18-27)22-12-9-11-21(14-15-22)10-5-6-13-25(31)32/h11-12,14-15,20,23H,4-10,13,16-19H2,1-3H3,(H,31,32). The molecule has 0 aromatic carbocycles. The number of carbonyl (C=O) groups is 2. The Balaban J connectivity index is 1.77. The molecular weight excluding hydrogens is 400 g/mol. The van der Waals surface area contributed by atoms with Crippen molar-refractivity contribution in [2.24, 2.45) is 10.4 Å². The number of allylic oxidation sites excluding steroid dienone is 4. The summed E-state index contributed by atoms with van der Waals surface area (Å²) in [4.78, 5) is 30.8. The maximum absolute atomic E-state index is 13.1. The van der Waals surface area contributed by atoms with E-state index in [2.05, 4.69) is 50.0 Å². The smallest absolute Gasteiger partial charge is 0.303 e. The van der Waals surface area contributed by atoms with E-state index < -0.39 is 5.97 Å². The van der Waals surface area contributed by atoms with Crippen LogP contribution >= 0.6 is 0 Å². The van der Waals surface area contributed by atoms with Gasteiger partial charge in [-0.25, -0.2) is 0 Å². The molecule has 176 valence electrons. The first kappa shape index (κ1) is 24.5. The SMILES string of the molecule is CC(C)(C)CCC(C1=CCC=C(CCCCC(=O)O)C=C1)N1C(=O)C=NC12CCCCC2. The third-order valence-corrected chi connectivity index (χ3v) is 6.95. The van der Waals surface area contributed by atoms with Gasteiger partial charge in [0, 0.05) is 6.42 Å². The van der Waals surface area contributed by atoms with Gasteiger partial charge < -0.3 is 10.0 Å². The number of aliphatic imine (C=N–C) groups is 1. The van der Waals surface area contributed by atoms with Crippen LogP contribution in [0.4, 0.5) is 0 Å². The van der Waals surface area contributed by atoms with Crippen LogP contribution in [0.15, 0.2) is 40.4 Å². The molecule has 1 unspecified atom stereocenters. The summed E-state index contributed by atoms with van der Waals surface area (Å²) in [5.41, 5.74) is 2.32. The number of aliphatic carboxylic acids is 1. The molecule has 0 radical (unpaired) electrons. The van der Waals surface area contributed by atoms with Crippen LogP contribution in [0.1, 0.15) is 97.8 Å². The predicted octanol–water partition coefficient (Wildman–Crippen LogP) is 6.21. The molecule has 2 aliphatic carbocycles. The molecule has 1 heterocycles. The molecule has 1 spiro atoms. The molecule has 1 N–H and O–H groups in total. The number of carbonyl (C=O) groups excluding carboxylic acids is 1. The van der Waals surface area contributed by atoms with Gasteiger partial charge >= 0.3 is 5.97 Å². The van der Waals surface area contributed by atoms with Crippen LogP contribution in [-0.4, -0.2) is 39.8 Å². The normalized spacial score (nSPS) is 21.5. The summed E-state index contributed by atoms with van der Waals surface area (Å²) < 4.78 is 0. The Kier molecular flexibility index (Phi) is 8.13. The van der Waals surface area contributed by atoms with Crippen LogP contribution in [0.5, 0.6) is 0 Å². The molecule has 1 saturated carbocycles. The first-order valence-electron chi connectivity index (χ1n) is 12.4. The van der Waals surface area contributed by atoms with E-state index in [1.165, 1.54) is 17.6 Å². The van der Waals surface area contributed by atoms with Crippen molar-refractivity contribution in [3.63, 3.8) is 0 Å². The summed E-state index contributed by atoms with van der Waals surface area (Å²) in [7, 11) is 0. The Hall–Kier alpha value is -2.17. The van der Waals surface area contributed by atoms with Gasteiger partial charge in [-0.05, 0) is 75.2 Å². The molecule has 1 aliphatic heterocycles. The maximum atomic E-state index is 13.1. The van der Waals surface area contributed by atoms with Gasteiger partial charge in [0.2, 0.25) is 0 Å². The topological polar surface area (TPSA) is 70.0 Å². The van der Waals surface area contributed by atoms with Crippen molar-refractivity contribution in [2.45, 2.75) is 110 Å². The molecular formula is C27H40N2O3. The second-order valence-electron chi connectivity index (χ2n) is 10.8. The highest BCUT2D eigenvalue weighted by Crippen LogP contribution is 2.42. The van der Waals surface area contributed by atoms with Crippen LogP contribution in [0.2, 0.25) is 0 Å². The molecule has 5 nitrogen and oxygen atoms in total. The molecule has 0 aromatic rings. The van der Waals surface area contributed by atoms with Crippen LogP contribution in [0.25, 0.3) is 0 Å². The van der Waals surface area contributed by atoms with Gasteiger partial charge in [0.15, 0.2) is 0 Å². The fraction of sp³-hybridized carbons (Fsp3) is 0.667. The Morgan fingerprint density at radius 2 is 1.91 bits per heavy atom. The molecule has 32 heavy (non-hydrogen) atoms. The Morgan fingerprint density at radius 1 is 1.16 bits per heavy atom. The monoisotopic (exact) mass is 440 g/mol. The summed E-state index contributed by atoms with van der Waals surface area (Å²) in [6, 6.07) is 0.0401. The first-order chi connectivity index (χ1) is 15.2. The number of hydrogen-bond donors (Lipinski definition) is 1. The molecule has 1 amide bonds. The highest BCUT2D eigenvalue weighted by molar-refractivity contribution is 6.28. The van der Waals surface area contributed by atoms with Crippen LogP contribution in [0.3, 0.4) is 0 Å². The number of hydrogen-bond acceptors (Lipinski definition) is 3. The Bertz CT molecular complexity index is 807. The van der Waals surface area contributed by atoms with E-state index in [1.807, 2.05) is 0 Å². The average Bonchev–Trinajstić information content (AvgIpc) is 2.90. The van der Waals surface area contributed by atoms with E-state index in [-0.39, 0.29) is 29.4 Å². The lowest BCUT2D eigenvalue weighted by Gasteiger charge is -2.44. The van der Waals surface area contributed by atoms with Gasteiger partial charge in [-0.15, -0.1) is 0 Å². The van der Waals surface area contributed by atoms with Crippen LogP contribution in [-0.2, 0) is 9.59 Å². The highest BCUT2D eigenvalue weighted by atomic mass is 16.4. The van der Waals surface area contributed by atoms with Gasteiger partial charge in [0.05, 0.1) is 12.3 Å². The lowest BCUT2D eigenvalue weighted by atomic mass is 9.83. The summed E-state index contributed by atoms with van der Waals surface area (Å²) in [5, 5.41) is 8.85. The zero-order chi connectivity index (χ0) is 23.2. The summed E-state index contributed by atoms with van der Waals surface area (Å²) in [6.45, 7) is 6.78. The van der Waals surface area contributed by atoms with Crippen LogP contribution < -0.4 is 0 Å². The maximum Gasteiger partial charge on any atom is 0.303 e. The van der Waals surface area contributed by atoms with E-state index in [4.69, 9.17) is 10.1 Å².